The van der Waals surface area contributed by atoms with Gasteiger partial charge in [-0.25, -0.2) is 4.98 Å². The van der Waals surface area contributed by atoms with Crippen LogP contribution in [0.4, 0.5) is 0 Å². The predicted molar refractivity (Wildman–Crippen MR) is 90.4 cm³/mol. The Morgan fingerprint density at radius 1 is 1.27 bits per heavy atom. The molecule has 2 aromatic heterocycles. The Balaban J connectivity index is 1.86. The van der Waals surface area contributed by atoms with E-state index in [2.05, 4.69) is 35.2 Å². The van der Waals surface area contributed by atoms with Gasteiger partial charge in [0.05, 0.1) is 24.0 Å². The Morgan fingerprint density at radius 2 is 2.14 bits per heavy atom. The Hall–Kier alpha value is -1.98. The summed E-state index contributed by atoms with van der Waals surface area (Å²) >= 11 is 1.68. The third-order valence-corrected chi connectivity index (χ3v) is 4.63. The topological polar surface area (TPSA) is 47.0 Å². The summed E-state index contributed by atoms with van der Waals surface area (Å²) in [7, 11) is 1.68. The average molecular weight is 313 g/mol. The van der Waals surface area contributed by atoms with Crippen molar-refractivity contribution in [3.05, 3.63) is 52.2 Å². The molecule has 0 saturated carbocycles. The standard InChI is InChI=1S/C17H19N3OS/c1-11(19-9-16-12(2)22-10-20-16)17-15-8-14(21-3)5-4-13(15)6-7-18-17/h4-8,10-11,19H,9H2,1-3H3. The summed E-state index contributed by atoms with van der Waals surface area (Å²) < 4.78 is 5.33. The van der Waals surface area contributed by atoms with Crippen molar-refractivity contribution in [2.24, 2.45) is 0 Å². The zero-order valence-electron chi connectivity index (χ0n) is 13.0. The first-order chi connectivity index (χ1) is 10.7. The van der Waals surface area contributed by atoms with Crippen LogP contribution in [-0.2, 0) is 6.54 Å². The molecule has 0 radical (unpaired) electrons. The fourth-order valence-corrected chi connectivity index (χ4v) is 3.09. The molecule has 1 unspecified atom stereocenters. The molecule has 5 heteroatoms. The van der Waals surface area contributed by atoms with Gasteiger partial charge in [0.2, 0.25) is 0 Å². The van der Waals surface area contributed by atoms with E-state index < -0.39 is 0 Å². The number of nitrogens with one attached hydrogen (secondary N) is 1. The minimum absolute atomic E-state index is 0.136. The number of benzene rings is 1. The van der Waals surface area contributed by atoms with Gasteiger partial charge in [0, 0.05) is 29.0 Å². The molecule has 3 rings (SSSR count). The Kier molecular flexibility index (Phi) is 4.36. The van der Waals surface area contributed by atoms with Gasteiger partial charge in [-0.1, -0.05) is 6.07 Å². The van der Waals surface area contributed by atoms with Gasteiger partial charge < -0.3 is 10.1 Å². The second kappa shape index (κ2) is 6.42. The highest BCUT2D eigenvalue weighted by atomic mass is 32.1. The maximum Gasteiger partial charge on any atom is 0.119 e. The molecule has 0 bridgehead atoms. The van der Waals surface area contributed by atoms with Crippen molar-refractivity contribution in [1.82, 2.24) is 15.3 Å². The SMILES string of the molecule is COc1ccc2ccnc(C(C)NCc3ncsc3C)c2c1. The van der Waals surface area contributed by atoms with Crippen LogP contribution in [0, 0.1) is 6.92 Å². The summed E-state index contributed by atoms with van der Waals surface area (Å²) in [6, 6.07) is 8.25. The van der Waals surface area contributed by atoms with Crippen LogP contribution < -0.4 is 10.1 Å². The minimum Gasteiger partial charge on any atom is -0.497 e. The van der Waals surface area contributed by atoms with Crippen molar-refractivity contribution in [3.63, 3.8) is 0 Å². The van der Waals surface area contributed by atoms with Gasteiger partial charge in [-0.2, -0.15) is 0 Å². The summed E-state index contributed by atoms with van der Waals surface area (Å²) in [5, 5.41) is 5.81. The molecule has 0 aliphatic rings. The number of rotatable bonds is 5. The summed E-state index contributed by atoms with van der Waals surface area (Å²) in [6.45, 7) is 4.97. The number of nitrogens with zero attached hydrogens (tertiary/aromatic N) is 2. The lowest BCUT2D eigenvalue weighted by molar-refractivity contribution is 0.415. The van der Waals surface area contributed by atoms with Crippen LogP contribution in [0.25, 0.3) is 10.8 Å². The van der Waals surface area contributed by atoms with E-state index in [1.165, 1.54) is 10.3 Å². The molecule has 1 N–H and O–H groups in total. The number of thiazole rings is 1. The van der Waals surface area contributed by atoms with E-state index in [0.29, 0.717) is 0 Å². The Bertz CT molecular complexity index is 784. The van der Waals surface area contributed by atoms with Crippen molar-refractivity contribution in [2.75, 3.05) is 7.11 Å². The van der Waals surface area contributed by atoms with Crippen LogP contribution in [0.1, 0.15) is 29.2 Å². The van der Waals surface area contributed by atoms with Gasteiger partial charge in [-0.05, 0) is 37.4 Å². The molecular formula is C17H19N3OS. The van der Waals surface area contributed by atoms with E-state index in [9.17, 15) is 0 Å². The highest BCUT2D eigenvalue weighted by molar-refractivity contribution is 7.09. The number of hydrogen-bond donors (Lipinski definition) is 1. The molecule has 0 spiro atoms. The zero-order valence-corrected chi connectivity index (χ0v) is 13.8. The number of aromatic nitrogens is 2. The molecule has 2 heterocycles. The van der Waals surface area contributed by atoms with E-state index in [0.717, 1.165) is 29.1 Å². The fourth-order valence-electron chi connectivity index (χ4n) is 2.49. The zero-order chi connectivity index (χ0) is 15.5. The van der Waals surface area contributed by atoms with Crippen molar-refractivity contribution in [3.8, 4) is 5.75 Å². The van der Waals surface area contributed by atoms with Crippen LogP contribution in [0.3, 0.4) is 0 Å². The lowest BCUT2D eigenvalue weighted by atomic mass is 10.1. The number of hydrogen-bond acceptors (Lipinski definition) is 5. The smallest absolute Gasteiger partial charge is 0.119 e. The number of ether oxygens (including phenoxy) is 1. The van der Waals surface area contributed by atoms with Gasteiger partial charge in [0.15, 0.2) is 0 Å². The molecule has 0 saturated heterocycles. The van der Waals surface area contributed by atoms with E-state index in [1.54, 1.807) is 18.4 Å². The van der Waals surface area contributed by atoms with Crippen molar-refractivity contribution in [2.45, 2.75) is 26.4 Å². The fraction of sp³-hybridized carbons (Fsp3) is 0.294. The van der Waals surface area contributed by atoms with Gasteiger partial charge in [-0.15, -0.1) is 11.3 Å². The Labute approximate surface area is 134 Å². The molecule has 0 aliphatic heterocycles. The average Bonchev–Trinajstić information content (AvgIpc) is 2.96. The summed E-state index contributed by atoms with van der Waals surface area (Å²) in [6.07, 6.45) is 1.86. The maximum atomic E-state index is 5.33. The molecule has 3 aromatic rings. The van der Waals surface area contributed by atoms with Crippen molar-refractivity contribution < 1.29 is 4.74 Å². The van der Waals surface area contributed by atoms with E-state index in [1.807, 2.05) is 29.9 Å². The van der Waals surface area contributed by atoms with E-state index in [4.69, 9.17) is 4.74 Å². The largest absolute Gasteiger partial charge is 0.497 e. The number of aryl methyl sites for hydroxylation is 1. The van der Waals surface area contributed by atoms with Crippen LogP contribution in [0.15, 0.2) is 36.0 Å². The predicted octanol–water partition coefficient (Wildman–Crippen LogP) is 3.86. The van der Waals surface area contributed by atoms with Gasteiger partial charge in [0.1, 0.15) is 5.75 Å². The minimum atomic E-state index is 0.136. The normalized spacial score (nSPS) is 12.5. The summed E-state index contributed by atoms with van der Waals surface area (Å²) in [4.78, 5) is 10.2. The first kappa shape index (κ1) is 14.9. The maximum absolute atomic E-state index is 5.33. The van der Waals surface area contributed by atoms with E-state index in [-0.39, 0.29) is 6.04 Å². The number of fused-ring (bicyclic) bond motifs is 1. The molecule has 1 atom stereocenters. The molecule has 0 aliphatic carbocycles. The van der Waals surface area contributed by atoms with Crippen molar-refractivity contribution >= 4 is 22.1 Å². The van der Waals surface area contributed by atoms with Crippen LogP contribution >= 0.6 is 11.3 Å². The van der Waals surface area contributed by atoms with Gasteiger partial charge >= 0.3 is 0 Å². The van der Waals surface area contributed by atoms with Crippen LogP contribution in [-0.4, -0.2) is 17.1 Å². The third-order valence-electron chi connectivity index (χ3n) is 3.83. The first-order valence-electron chi connectivity index (χ1n) is 7.24. The van der Waals surface area contributed by atoms with Gasteiger partial charge in [0.25, 0.3) is 0 Å². The van der Waals surface area contributed by atoms with E-state index >= 15 is 0 Å². The van der Waals surface area contributed by atoms with Crippen LogP contribution in [0.2, 0.25) is 0 Å². The number of pyridine rings is 1. The second-order valence-corrected chi connectivity index (χ2v) is 6.30. The molecule has 114 valence electrons. The monoisotopic (exact) mass is 313 g/mol. The highest BCUT2D eigenvalue weighted by Crippen LogP contribution is 2.26. The lowest BCUT2D eigenvalue weighted by Crippen LogP contribution is -2.20. The summed E-state index contributed by atoms with van der Waals surface area (Å²) in [5.41, 5.74) is 4.02. The molecule has 1 aromatic carbocycles. The molecule has 0 amide bonds. The molecule has 4 nitrogen and oxygen atoms in total. The third kappa shape index (κ3) is 2.96. The van der Waals surface area contributed by atoms with Crippen LogP contribution in [0.5, 0.6) is 5.75 Å². The molecular weight excluding hydrogens is 294 g/mol. The molecule has 0 fully saturated rings. The second-order valence-electron chi connectivity index (χ2n) is 5.24. The highest BCUT2D eigenvalue weighted by Gasteiger charge is 2.12. The quantitative estimate of drug-likeness (QED) is 0.777. The first-order valence-corrected chi connectivity index (χ1v) is 8.12. The lowest BCUT2D eigenvalue weighted by Gasteiger charge is -2.15. The molecule has 22 heavy (non-hydrogen) atoms. The summed E-state index contributed by atoms with van der Waals surface area (Å²) in [5.74, 6) is 0.851. The Morgan fingerprint density at radius 3 is 2.86 bits per heavy atom. The van der Waals surface area contributed by atoms with Crippen molar-refractivity contribution in [1.29, 1.82) is 0 Å². The van der Waals surface area contributed by atoms with Gasteiger partial charge in [-0.3, -0.25) is 4.98 Å². The number of methoxy groups -OCH3 is 1.